The zero-order valence-corrected chi connectivity index (χ0v) is 70.3. The van der Waals surface area contributed by atoms with Crippen molar-refractivity contribution in [2.75, 3.05) is 20.4 Å². The summed E-state index contributed by atoms with van der Waals surface area (Å²) in [5.74, 6) is -19.7. The van der Waals surface area contributed by atoms with Crippen molar-refractivity contribution in [2.24, 2.45) is 17.1 Å². The molecule has 11 bridgehead atoms. The number of likely N-dealkylation sites (N-methyl/N-ethyl adjacent to an activating group) is 1. The number of ether oxygens (including phenoxy) is 8. The summed E-state index contributed by atoms with van der Waals surface area (Å²) >= 11 is 14.2. The van der Waals surface area contributed by atoms with Crippen LogP contribution in [0.25, 0.3) is 11.1 Å². The van der Waals surface area contributed by atoms with Crippen LogP contribution >= 0.6 is 38.4 Å². The zero-order chi connectivity index (χ0) is 92.3. The third kappa shape index (κ3) is 22.8. The van der Waals surface area contributed by atoms with Crippen LogP contribution in [0.5, 0.6) is 46.0 Å². The summed E-state index contributed by atoms with van der Waals surface area (Å²) in [4.78, 5) is 195. The number of hydrogen-bond acceptors (Lipinski definition) is 31. The van der Waals surface area contributed by atoms with Gasteiger partial charge in [0.25, 0.3) is 0 Å². The number of aliphatic hydroxyl groups is 6. The first-order chi connectivity index (χ1) is 58.4. The largest absolute Gasteiger partial charge is 0.508 e. The number of phenols is 3. The van der Waals surface area contributed by atoms with Crippen LogP contribution in [-0.4, -0.2) is 241 Å². The van der Waals surface area contributed by atoms with Gasteiger partial charge in [0.2, 0.25) is 71.6 Å². The number of amides is 9. The Kier molecular flexibility index (Phi) is 30.2. The molecule has 0 spiro atoms. The SMILES string of the molecule is CN[C@H](CC(C)C)C(=O)N[C@H]1C(=O)N[C@@H](CC(N)=O)C(=O)N[C@H]2C(=O)N[C@H]3C(=O)N[C@H](C(=O)N[C@H](C(=O)O)c4cc(O)cc(O)c4-c4cc3ccc4O)[C@H](O)c3ccc(c(Cl)c3)Oc3cc2cc(c3O[C@@H]2O[C@H](CO)[C@@H](O)[C@H](O)[C@H]2O[C@H]2C[C@](C)(NC(=O)OCOC(=O)CC(C)(C)CC(=O)NC(P(=O)(O)O)P(=O)(O)O)[C@H](O)[C@H](C)O2)Oc2ccc(cc2Cl)[C@H]1O. The normalized spacial score (nSPS) is 26.3. The molecule has 12 rings (SSSR count). The van der Waals surface area contributed by atoms with Gasteiger partial charge < -0.3 is 162 Å². The quantitative estimate of drug-likeness (QED) is 0.0231. The molecule has 9 amide bonds. The second-order valence-corrected chi connectivity index (χ2v) is 36.1. The van der Waals surface area contributed by atoms with Gasteiger partial charge in [0.05, 0.1) is 47.2 Å². The molecule has 49 heteroatoms. The Balaban J connectivity index is 1.11. The molecule has 5 aromatic carbocycles. The van der Waals surface area contributed by atoms with Gasteiger partial charge in [0.15, 0.2) is 29.9 Å². The number of halogens is 2. The highest BCUT2D eigenvalue weighted by molar-refractivity contribution is 7.70. The minimum absolute atomic E-state index is 0.152. The highest BCUT2D eigenvalue weighted by Crippen LogP contribution is 2.59. The highest BCUT2D eigenvalue weighted by atomic mass is 35.5. The fourth-order valence-corrected chi connectivity index (χ4v) is 17.2. The Morgan fingerprint density at radius 1 is 0.696 bits per heavy atom. The Hall–Kier alpha value is -10.6. The summed E-state index contributed by atoms with van der Waals surface area (Å²) in [6.07, 6.45) is -24.4. The van der Waals surface area contributed by atoms with Crippen molar-refractivity contribution < 1.29 is 170 Å². The number of benzene rings is 5. The van der Waals surface area contributed by atoms with Crippen molar-refractivity contribution in [1.82, 2.24) is 47.9 Å². The average Bonchev–Trinajstić information content (AvgIpc) is 0.765. The molecule has 25 N–H and O–H groups in total. The van der Waals surface area contributed by atoms with Crippen molar-refractivity contribution in [3.63, 3.8) is 0 Å². The number of phenolic OH excluding ortho intramolecular Hbond substituents is 3. The molecular weight excluding hydrogens is 1750 g/mol. The van der Waals surface area contributed by atoms with Crippen molar-refractivity contribution in [3.8, 4) is 57.1 Å². The average molecular weight is 1840 g/mol. The molecule has 7 aliphatic rings. The number of fused-ring (bicyclic) bond motifs is 15. The number of rotatable bonds is 23. The number of aromatic hydroxyl groups is 3. The van der Waals surface area contributed by atoms with Gasteiger partial charge in [-0.15, -0.1) is 0 Å². The van der Waals surface area contributed by atoms with E-state index in [4.69, 9.17) is 66.8 Å². The molecular formula is C76H92Cl2N10O35P2. The van der Waals surface area contributed by atoms with E-state index in [2.05, 4.69) is 42.5 Å². The molecule has 125 heavy (non-hydrogen) atoms. The minimum atomic E-state index is -5.61. The number of alkyl carbamates (subject to hydrolysis) is 1. The van der Waals surface area contributed by atoms with E-state index in [-0.39, 0.29) is 23.5 Å². The zero-order valence-electron chi connectivity index (χ0n) is 67.0. The standard InChI is InChI=1S/C76H92Cl2N10O35P2/c1-28(2)14-39(80-7)65(101)86-56-58(96)31-9-12-43(37(77)16-31)119-45-18-33-19-46(62(45)123-72-63(61(99)60(98)47(26-89)121-72)122-51-25-76(6,64(100)29(3)118-51)88-73(109)117-27-116-50(95)24-75(4,5)23-49(94)82-74(124(110,111)112)125(113,114)115)120-44-13-10-32(17-38(44)78)59(97)57-70(106)85-55(71(107)108)36-20-34(90)21-42(92)52(36)35-15-30(8-11-41(35)91)53(67(103)87-57)84-68(104)54(33)83-66(102)40(22-48(79)93)81-69(56)105/h8-13,15-21,28-29,39-40,47,51,53-61,63-64,72,74,80,89-92,96-100H,14,22-27H2,1-7H3,(H2,79,93)(H,81,105)(H,82,94)(H,83,102)(H,84,104)(H,85,106)(H,86,101)(H,87,103)(H,88,109)(H,107,108)(H2,110,111,112)(H2,113,114,115)/t29-,39+,40-,47+,51-,53+,54+,55-,56+,57-,58+,59+,60+,61-,63+,64+,72-,76-/m0/s1. The number of carboxylic acids is 1. The van der Waals surface area contributed by atoms with E-state index in [1.807, 2.05) is 0 Å². The highest BCUT2D eigenvalue weighted by Gasteiger charge is 2.54. The summed E-state index contributed by atoms with van der Waals surface area (Å²) < 4.78 is 72.3. The maximum atomic E-state index is 16.2. The van der Waals surface area contributed by atoms with E-state index in [0.29, 0.717) is 0 Å². The molecule has 680 valence electrons. The van der Waals surface area contributed by atoms with Crippen molar-refractivity contribution in [3.05, 3.63) is 117 Å². The Morgan fingerprint density at radius 2 is 1.29 bits per heavy atom. The van der Waals surface area contributed by atoms with Gasteiger partial charge in [-0.05, 0) is 115 Å². The number of nitrogens with one attached hydrogen (secondary N) is 9. The molecule has 7 aliphatic heterocycles. The van der Waals surface area contributed by atoms with Crippen LogP contribution in [-0.2, 0) is 80.8 Å². The van der Waals surface area contributed by atoms with Crippen molar-refractivity contribution in [2.45, 2.75) is 188 Å². The van der Waals surface area contributed by atoms with Gasteiger partial charge in [-0.25, -0.2) is 9.59 Å². The van der Waals surface area contributed by atoms with Crippen LogP contribution in [0, 0.1) is 11.3 Å². The lowest BCUT2D eigenvalue weighted by Gasteiger charge is -2.48. The number of aliphatic hydroxyl groups excluding tert-OH is 6. The van der Waals surface area contributed by atoms with Gasteiger partial charge >= 0.3 is 33.2 Å². The molecule has 7 heterocycles. The molecule has 2 saturated heterocycles. The van der Waals surface area contributed by atoms with Crippen LogP contribution in [0.3, 0.4) is 0 Å². The fourth-order valence-electron chi connectivity index (χ4n) is 14.5. The molecule has 0 radical (unpaired) electrons. The number of nitrogens with two attached hydrogens (primary N) is 1. The minimum Gasteiger partial charge on any atom is -0.508 e. The lowest BCUT2D eigenvalue weighted by molar-refractivity contribution is -0.334. The van der Waals surface area contributed by atoms with E-state index in [9.17, 15) is 118 Å². The van der Waals surface area contributed by atoms with Crippen LogP contribution in [0.2, 0.25) is 10.0 Å². The van der Waals surface area contributed by atoms with Gasteiger partial charge in [0.1, 0.15) is 95.6 Å². The molecule has 5 aromatic rings. The van der Waals surface area contributed by atoms with Crippen LogP contribution in [0.4, 0.5) is 4.79 Å². The maximum Gasteiger partial charge on any atom is 0.410 e. The summed E-state index contributed by atoms with van der Waals surface area (Å²) in [5.41, 5.74) is -3.84. The number of esters is 1. The number of primary amides is 1. The van der Waals surface area contributed by atoms with E-state index >= 15 is 14.4 Å². The van der Waals surface area contributed by atoms with E-state index in [1.54, 1.807) is 19.2 Å². The second kappa shape index (κ2) is 39.1. The molecule has 18 atom stereocenters. The first-order valence-corrected chi connectivity index (χ1v) is 42.2. The number of carboxylic acid groups (broad SMARTS) is 1. The Morgan fingerprint density at radius 3 is 1.86 bits per heavy atom. The number of hydrogen-bond donors (Lipinski definition) is 24. The third-order valence-electron chi connectivity index (χ3n) is 20.7. The Bertz CT molecular complexity index is 5100. The maximum absolute atomic E-state index is 16.2. The fraction of sp³-hybridized carbons (Fsp3) is 0.461. The summed E-state index contributed by atoms with van der Waals surface area (Å²) in [6, 6.07) is -2.05. The Labute approximate surface area is 718 Å². The number of aliphatic carboxylic acids is 1. The van der Waals surface area contributed by atoms with E-state index in [1.165, 1.54) is 34.7 Å². The molecule has 0 unspecified atom stereocenters. The molecule has 0 aliphatic carbocycles. The molecule has 0 saturated carbocycles. The van der Waals surface area contributed by atoms with Crippen molar-refractivity contribution in [1.29, 1.82) is 0 Å². The van der Waals surface area contributed by atoms with Gasteiger partial charge in [-0.3, -0.25) is 52.3 Å². The third-order valence-corrected chi connectivity index (χ3v) is 24.6. The number of carbonyl (C=O) groups excluding carboxylic acids is 10. The molecule has 0 aromatic heterocycles. The monoisotopic (exact) mass is 1840 g/mol. The van der Waals surface area contributed by atoms with Crippen LogP contribution in [0.15, 0.2) is 78.9 Å². The summed E-state index contributed by atoms with van der Waals surface area (Å²) in [6.45, 7) is 6.47. The van der Waals surface area contributed by atoms with Gasteiger partial charge in [-0.1, -0.05) is 69.1 Å². The topological polar surface area (TPSA) is 713 Å². The predicted octanol–water partition coefficient (Wildman–Crippen LogP) is -0.0640. The first-order valence-electron chi connectivity index (χ1n) is 38.1. The lowest BCUT2D eigenvalue weighted by Crippen LogP contribution is -2.66. The summed E-state index contributed by atoms with van der Waals surface area (Å²) in [7, 11) is -9.78. The first kappa shape index (κ1) is 96.6. The lowest BCUT2D eigenvalue weighted by atomic mass is 9.85. The smallest absolute Gasteiger partial charge is 0.410 e. The predicted molar refractivity (Wildman–Crippen MR) is 425 cm³/mol. The van der Waals surface area contributed by atoms with Crippen molar-refractivity contribution >= 4 is 104 Å². The van der Waals surface area contributed by atoms with Crippen LogP contribution in [0.1, 0.15) is 132 Å². The second-order valence-electron chi connectivity index (χ2n) is 31.5. The van der Waals surface area contributed by atoms with E-state index < -0.39 is 324 Å². The molecule has 2 fully saturated rings. The van der Waals surface area contributed by atoms with Gasteiger partial charge in [0, 0.05) is 35.6 Å². The summed E-state index contributed by atoms with van der Waals surface area (Å²) in [5, 5.41) is 136. The number of carbonyl (C=O) groups is 11. The van der Waals surface area contributed by atoms with Crippen LogP contribution < -0.4 is 67.8 Å². The molecule has 45 nitrogen and oxygen atoms in total. The van der Waals surface area contributed by atoms with E-state index in [0.717, 1.165) is 78.9 Å². The van der Waals surface area contributed by atoms with Gasteiger partial charge in [-0.2, -0.15) is 0 Å².